The van der Waals surface area contributed by atoms with Crippen LogP contribution in [0.15, 0.2) is 11.6 Å². The molecule has 0 aliphatic heterocycles. The Morgan fingerprint density at radius 1 is 1.45 bits per heavy atom. The van der Waals surface area contributed by atoms with Crippen LogP contribution in [-0.2, 0) is 6.42 Å². The molecular weight excluding hydrogens is 280 g/mol. The van der Waals surface area contributed by atoms with Gasteiger partial charge in [-0.3, -0.25) is 10.1 Å². The van der Waals surface area contributed by atoms with Gasteiger partial charge in [-0.05, 0) is 6.92 Å². The van der Waals surface area contributed by atoms with Crippen molar-refractivity contribution in [2.45, 2.75) is 13.3 Å². The van der Waals surface area contributed by atoms with Crippen molar-refractivity contribution in [3.63, 3.8) is 0 Å². The maximum Gasteiger partial charge on any atom is 0.329 e. The molecule has 0 unspecified atom stereocenters. The van der Waals surface area contributed by atoms with Gasteiger partial charge in [-0.2, -0.15) is 4.98 Å². The molecule has 106 valence electrons. The van der Waals surface area contributed by atoms with Gasteiger partial charge in [0, 0.05) is 25.4 Å². The molecule has 0 radical (unpaired) electrons. The highest BCUT2D eigenvalue weighted by atomic mass is 32.1. The molecule has 8 nitrogen and oxygen atoms in total. The summed E-state index contributed by atoms with van der Waals surface area (Å²) in [5, 5.41) is 19.6. The minimum absolute atomic E-state index is 0.140. The SMILES string of the molecule is CNc1ncc([N+](=O)[O-])c(NCCc2csc(C)n2)n1. The predicted octanol–water partition coefficient (Wildman–Crippen LogP) is 1.85. The van der Waals surface area contributed by atoms with Crippen molar-refractivity contribution in [2.24, 2.45) is 0 Å². The first-order valence-corrected chi connectivity index (χ1v) is 6.82. The molecule has 2 N–H and O–H groups in total. The van der Waals surface area contributed by atoms with E-state index in [1.807, 2.05) is 12.3 Å². The van der Waals surface area contributed by atoms with Crippen molar-refractivity contribution in [1.82, 2.24) is 15.0 Å². The van der Waals surface area contributed by atoms with Gasteiger partial charge in [0.15, 0.2) is 0 Å². The second kappa shape index (κ2) is 6.24. The van der Waals surface area contributed by atoms with E-state index in [4.69, 9.17) is 0 Å². The zero-order chi connectivity index (χ0) is 14.5. The fourth-order valence-electron chi connectivity index (χ4n) is 1.59. The summed E-state index contributed by atoms with van der Waals surface area (Å²) >= 11 is 1.58. The van der Waals surface area contributed by atoms with Gasteiger partial charge >= 0.3 is 5.69 Å². The van der Waals surface area contributed by atoms with Crippen LogP contribution in [0.2, 0.25) is 0 Å². The van der Waals surface area contributed by atoms with Crippen LogP contribution in [0.1, 0.15) is 10.7 Å². The van der Waals surface area contributed by atoms with Gasteiger partial charge < -0.3 is 10.6 Å². The molecule has 20 heavy (non-hydrogen) atoms. The number of nitrogens with zero attached hydrogens (tertiary/aromatic N) is 4. The normalized spacial score (nSPS) is 10.3. The minimum atomic E-state index is -0.505. The van der Waals surface area contributed by atoms with Gasteiger partial charge in [0.25, 0.3) is 0 Å². The third-order valence-electron chi connectivity index (χ3n) is 2.53. The zero-order valence-electron chi connectivity index (χ0n) is 11.1. The molecule has 0 aliphatic rings. The highest BCUT2D eigenvalue weighted by Crippen LogP contribution is 2.21. The molecule has 2 heterocycles. The summed E-state index contributed by atoms with van der Waals surface area (Å²) in [6.45, 7) is 2.46. The van der Waals surface area contributed by atoms with Crippen LogP contribution in [0.4, 0.5) is 17.5 Å². The Labute approximate surface area is 119 Å². The van der Waals surface area contributed by atoms with E-state index >= 15 is 0 Å². The number of anilines is 2. The molecule has 0 saturated carbocycles. The van der Waals surface area contributed by atoms with E-state index < -0.39 is 4.92 Å². The summed E-state index contributed by atoms with van der Waals surface area (Å²) in [6.07, 6.45) is 1.87. The zero-order valence-corrected chi connectivity index (χ0v) is 11.9. The largest absolute Gasteiger partial charge is 0.364 e. The average molecular weight is 294 g/mol. The molecule has 0 atom stereocenters. The molecule has 0 spiro atoms. The van der Waals surface area contributed by atoms with Crippen LogP contribution in [0, 0.1) is 17.0 Å². The Hall–Kier alpha value is -2.29. The van der Waals surface area contributed by atoms with Crippen LogP contribution < -0.4 is 10.6 Å². The van der Waals surface area contributed by atoms with Crippen LogP contribution in [0.3, 0.4) is 0 Å². The lowest BCUT2D eigenvalue weighted by Gasteiger charge is -2.06. The standard InChI is InChI=1S/C11H14N6O2S/c1-7-15-8(6-20-7)3-4-13-10-9(17(18)19)5-14-11(12-2)16-10/h5-6H,3-4H2,1-2H3,(H2,12,13,14,16). The Balaban J connectivity index is 2.05. The number of aryl methyl sites for hydroxylation is 1. The van der Waals surface area contributed by atoms with Crippen molar-refractivity contribution in [3.05, 3.63) is 32.4 Å². The summed E-state index contributed by atoms with van der Waals surface area (Å²) < 4.78 is 0. The Bertz CT molecular complexity index is 615. The van der Waals surface area contributed by atoms with Gasteiger partial charge in [0.1, 0.15) is 6.20 Å². The molecular formula is C11H14N6O2S. The van der Waals surface area contributed by atoms with Crippen LogP contribution in [0.25, 0.3) is 0 Å². The fourth-order valence-corrected chi connectivity index (χ4v) is 2.24. The number of thiazole rings is 1. The Morgan fingerprint density at radius 3 is 2.85 bits per heavy atom. The maximum absolute atomic E-state index is 10.9. The van der Waals surface area contributed by atoms with Crippen molar-refractivity contribution in [2.75, 3.05) is 24.2 Å². The van der Waals surface area contributed by atoms with E-state index in [-0.39, 0.29) is 11.5 Å². The van der Waals surface area contributed by atoms with E-state index in [0.717, 1.165) is 10.7 Å². The second-order valence-electron chi connectivity index (χ2n) is 3.97. The number of rotatable bonds is 6. The first-order chi connectivity index (χ1) is 9.60. The number of nitro groups is 1. The molecule has 0 amide bonds. The number of nitrogens with one attached hydrogen (secondary N) is 2. The summed E-state index contributed by atoms with van der Waals surface area (Å²) in [5.74, 6) is 0.545. The number of hydrogen-bond acceptors (Lipinski definition) is 8. The van der Waals surface area contributed by atoms with Gasteiger partial charge in [-0.25, -0.2) is 9.97 Å². The van der Waals surface area contributed by atoms with E-state index in [0.29, 0.717) is 18.9 Å². The predicted molar refractivity (Wildman–Crippen MR) is 77.3 cm³/mol. The third kappa shape index (κ3) is 3.38. The van der Waals surface area contributed by atoms with Crippen molar-refractivity contribution in [3.8, 4) is 0 Å². The van der Waals surface area contributed by atoms with Crippen molar-refractivity contribution < 1.29 is 4.92 Å². The highest BCUT2D eigenvalue weighted by molar-refractivity contribution is 7.09. The van der Waals surface area contributed by atoms with Gasteiger partial charge in [0.05, 0.1) is 15.6 Å². The first-order valence-electron chi connectivity index (χ1n) is 5.94. The lowest BCUT2D eigenvalue weighted by molar-refractivity contribution is -0.384. The molecule has 0 aromatic carbocycles. The highest BCUT2D eigenvalue weighted by Gasteiger charge is 2.16. The summed E-state index contributed by atoms with van der Waals surface area (Å²) in [5.41, 5.74) is 0.823. The van der Waals surface area contributed by atoms with Gasteiger partial charge in [-0.1, -0.05) is 0 Å². The average Bonchev–Trinajstić information content (AvgIpc) is 2.84. The summed E-state index contributed by atoms with van der Waals surface area (Å²) in [7, 11) is 1.66. The van der Waals surface area contributed by atoms with Crippen LogP contribution in [-0.4, -0.2) is 33.5 Å². The monoisotopic (exact) mass is 294 g/mol. The molecule has 0 aliphatic carbocycles. The topological polar surface area (TPSA) is 106 Å². The van der Waals surface area contributed by atoms with Gasteiger partial charge in [0.2, 0.25) is 11.8 Å². The summed E-state index contributed by atoms with van der Waals surface area (Å²) in [6, 6.07) is 0. The quantitative estimate of drug-likeness (QED) is 0.618. The molecule has 9 heteroatoms. The van der Waals surface area contributed by atoms with Gasteiger partial charge in [-0.15, -0.1) is 11.3 Å². The van der Waals surface area contributed by atoms with Crippen molar-refractivity contribution >= 4 is 28.8 Å². The maximum atomic E-state index is 10.9. The van der Waals surface area contributed by atoms with Crippen molar-refractivity contribution in [1.29, 1.82) is 0 Å². The summed E-state index contributed by atoms with van der Waals surface area (Å²) in [4.78, 5) is 22.6. The van der Waals surface area contributed by atoms with E-state index in [1.54, 1.807) is 18.4 Å². The first kappa shape index (κ1) is 14.1. The van der Waals surface area contributed by atoms with E-state index in [1.165, 1.54) is 6.20 Å². The lowest BCUT2D eigenvalue weighted by atomic mass is 10.3. The second-order valence-corrected chi connectivity index (χ2v) is 5.03. The lowest BCUT2D eigenvalue weighted by Crippen LogP contribution is -2.10. The Morgan fingerprint density at radius 2 is 2.25 bits per heavy atom. The number of hydrogen-bond donors (Lipinski definition) is 2. The fraction of sp³-hybridized carbons (Fsp3) is 0.364. The molecule has 2 rings (SSSR count). The molecule has 0 bridgehead atoms. The molecule has 2 aromatic heterocycles. The van der Waals surface area contributed by atoms with E-state index in [2.05, 4.69) is 25.6 Å². The smallest absolute Gasteiger partial charge is 0.329 e. The molecule has 0 fully saturated rings. The molecule has 2 aromatic rings. The van der Waals surface area contributed by atoms with Crippen LogP contribution >= 0.6 is 11.3 Å². The third-order valence-corrected chi connectivity index (χ3v) is 3.35. The Kier molecular flexibility index (Phi) is 4.41. The van der Waals surface area contributed by atoms with Crippen LogP contribution in [0.5, 0.6) is 0 Å². The molecule has 0 saturated heterocycles. The van der Waals surface area contributed by atoms with E-state index in [9.17, 15) is 10.1 Å². The number of aromatic nitrogens is 3. The minimum Gasteiger partial charge on any atom is -0.364 e.